The molecule has 0 unspecified atom stereocenters. The van der Waals surface area contributed by atoms with Gasteiger partial charge in [-0.1, -0.05) is 29.5 Å². The van der Waals surface area contributed by atoms with Gasteiger partial charge >= 0.3 is 0 Å². The lowest BCUT2D eigenvalue weighted by atomic mass is 10.1. The lowest BCUT2D eigenvalue weighted by Gasteiger charge is -2.13. The predicted octanol–water partition coefficient (Wildman–Crippen LogP) is 1.01. The van der Waals surface area contributed by atoms with E-state index in [0.29, 0.717) is 0 Å². The minimum atomic E-state index is 0.773. The first-order chi connectivity index (χ1) is 9.35. The van der Waals surface area contributed by atoms with Crippen molar-refractivity contribution in [1.82, 2.24) is 25.2 Å². The summed E-state index contributed by atoms with van der Waals surface area (Å²) in [5, 5.41) is 11.3. The molecule has 0 bridgehead atoms. The molecule has 0 aliphatic carbocycles. The normalized spacial score (nSPS) is 14.8. The Morgan fingerprint density at radius 1 is 1.16 bits per heavy atom. The van der Waals surface area contributed by atoms with Crippen molar-refractivity contribution in [3.8, 4) is 0 Å². The van der Waals surface area contributed by atoms with Crippen LogP contribution in [-0.4, -0.2) is 33.5 Å². The Morgan fingerprint density at radius 2 is 1.89 bits per heavy atom. The van der Waals surface area contributed by atoms with Gasteiger partial charge in [0, 0.05) is 32.4 Å². The molecule has 1 aliphatic rings. The van der Waals surface area contributed by atoms with Crippen LogP contribution in [0.1, 0.15) is 16.8 Å². The first kappa shape index (κ1) is 12.3. The number of rotatable bonds is 5. The first-order valence-corrected chi connectivity index (χ1v) is 6.68. The summed E-state index contributed by atoms with van der Waals surface area (Å²) >= 11 is 0. The smallest absolute Gasteiger partial charge is 0.0964 e. The van der Waals surface area contributed by atoms with E-state index in [4.69, 9.17) is 0 Å². The number of nitrogens with one attached hydrogen (secondary N) is 1. The van der Waals surface area contributed by atoms with Gasteiger partial charge in [-0.05, 0) is 18.2 Å². The van der Waals surface area contributed by atoms with Crippen LogP contribution in [0.15, 0.2) is 30.5 Å². The van der Waals surface area contributed by atoms with Gasteiger partial charge in [0.25, 0.3) is 0 Å². The van der Waals surface area contributed by atoms with Crippen LogP contribution < -0.4 is 5.32 Å². The van der Waals surface area contributed by atoms with Gasteiger partial charge in [0.1, 0.15) is 0 Å². The highest BCUT2D eigenvalue weighted by molar-refractivity contribution is 5.30. The summed E-state index contributed by atoms with van der Waals surface area (Å²) in [4.78, 5) is 2.45. The minimum absolute atomic E-state index is 0.773. The van der Waals surface area contributed by atoms with Crippen molar-refractivity contribution >= 4 is 0 Å². The fourth-order valence-electron chi connectivity index (χ4n) is 2.52. The van der Waals surface area contributed by atoms with Crippen molar-refractivity contribution in [1.29, 1.82) is 0 Å². The maximum Gasteiger partial charge on any atom is 0.0964 e. The number of hydrogen-bond donors (Lipinski definition) is 1. The lowest BCUT2D eigenvalue weighted by Crippen LogP contribution is -2.22. The van der Waals surface area contributed by atoms with E-state index in [2.05, 4.69) is 44.8 Å². The van der Waals surface area contributed by atoms with E-state index in [-0.39, 0.29) is 0 Å². The highest BCUT2D eigenvalue weighted by Crippen LogP contribution is 2.21. The molecular formula is C14H19N5. The molecule has 2 heterocycles. The molecule has 100 valence electrons. The fraction of sp³-hybridized carbons (Fsp3) is 0.429. The van der Waals surface area contributed by atoms with Crippen LogP contribution in [0, 0.1) is 0 Å². The minimum Gasteiger partial charge on any atom is -0.314 e. The second-order valence-corrected chi connectivity index (χ2v) is 4.98. The third kappa shape index (κ3) is 2.83. The molecule has 0 saturated carbocycles. The van der Waals surface area contributed by atoms with Gasteiger partial charge in [-0.3, -0.25) is 9.58 Å². The molecule has 5 heteroatoms. The molecule has 3 rings (SSSR count). The number of aromatic nitrogens is 3. The van der Waals surface area contributed by atoms with Gasteiger partial charge in [-0.15, -0.1) is 5.10 Å². The summed E-state index contributed by atoms with van der Waals surface area (Å²) in [6.45, 7) is 4.78. The maximum absolute atomic E-state index is 4.14. The average Bonchev–Trinajstić information content (AvgIpc) is 3.02. The molecule has 1 aliphatic heterocycles. The molecular weight excluding hydrogens is 238 g/mol. The van der Waals surface area contributed by atoms with Crippen LogP contribution in [0.5, 0.6) is 0 Å². The third-order valence-electron chi connectivity index (χ3n) is 3.50. The van der Waals surface area contributed by atoms with Gasteiger partial charge in [0.05, 0.1) is 12.2 Å². The highest BCUT2D eigenvalue weighted by Gasteiger charge is 2.17. The van der Waals surface area contributed by atoms with E-state index in [1.54, 1.807) is 0 Å². The first-order valence-electron chi connectivity index (χ1n) is 6.68. The molecule has 0 saturated heterocycles. The van der Waals surface area contributed by atoms with Crippen molar-refractivity contribution in [2.75, 3.05) is 13.6 Å². The Kier molecular flexibility index (Phi) is 3.57. The zero-order valence-corrected chi connectivity index (χ0v) is 11.2. The predicted molar refractivity (Wildman–Crippen MR) is 73.3 cm³/mol. The van der Waals surface area contributed by atoms with Crippen LogP contribution >= 0.6 is 0 Å². The van der Waals surface area contributed by atoms with Crippen LogP contribution in [0.3, 0.4) is 0 Å². The quantitative estimate of drug-likeness (QED) is 0.868. The summed E-state index contributed by atoms with van der Waals surface area (Å²) < 4.78 is 1.93. The summed E-state index contributed by atoms with van der Waals surface area (Å²) in [6, 6.07) is 8.67. The molecule has 19 heavy (non-hydrogen) atoms. The maximum atomic E-state index is 4.14. The standard InChI is InChI=1S/C14H19N5/c1-15-8-14-11-19(17-16-14)7-6-18-9-12-4-2-3-5-13(12)10-18/h2-5,11,15H,6-10H2,1H3. The van der Waals surface area contributed by atoms with Crippen molar-refractivity contribution in [2.24, 2.45) is 0 Å². The van der Waals surface area contributed by atoms with Crippen LogP contribution in [-0.2, 0) is 26.2 Å². The Bertz CT molecular complexity index is 523. The number of nitrogens with zero attached hydrogens (tertiary/aromatic N) is 4. The number of fused-ring (bicyclic) bond motifs is 1. The molecule has 0 amide bonds. The summed E-state index contributed by atoms with van der Waals surface area (Å²) in [7, 11) is 1.92. The van der Waals surface area contributed by atoms with E-state index in [1.165, 1.54) is 11.1 Å². The molecule has 1 N–H and O–H groups in total. The monoisotopic (exact) mass is 257 g/mol. The molecule has 5 nitrogen and oxygen atoms in total. The average molecular weight is 257 g/mol. The molecule has 2 aromatic rings. The molecule has 0 radical (unpaired) electrons. The fourth-order valence-corrected chi connectivity index (χ4v) is 2.52. The van der Waals surface area contributed by atoms with E-state index < -0.39 is 0 Å². The largest absolute Gasteiger partial charge is 0.314 e. The van der Waals surface area contributed by atoms with Crippen molar-refractivity contribution in [2.45, 2.75) is 26.2 Å². The van der Waals surface area contributed by atoms with Crippen LogP contribution in [0.25, 0.3) is 0 Å². The van der Waals surface area contributed by atoms with E-state index in [9.17, 15) is 0 Å². The lowest BCUT2D eigenvalue weighted by molar-refractivity contribution is 0.266. The topological polar surface area (TPSA) is 46.0 Å². The van der Waals surface area contributed by atoms with Gasteiger partial charge in [-0.25, -0.2) is 0 Å². The summed E-state index contributed by atoms with van der Waals surface area (Å²) in [6.07, 6.45) is 2.01. The summed E-state index contributed by atoms with van der Waals surface area (Å²) in [5.41, 5.74) is 3.90. The summed E-state index contributed by atoms with van der Waals surface area (Å²) in [5.74, 6) is 0. The van der Waals surface area contributed by atoms with E-state index in [1.807, 2.05) is 17.9 Å². The number of hydrogen-bond acceptors (Lipinski definition) is 4. The van der Waals surface area contributed by atoms with Gasteiger partial charge < -0.3 is 5.32 Å². The Balaban J connectivity index is 1.53. The molecule has 0 atom stereocenters. The molecule has 0 fully saturated rings. The number of benzene rings is 1. The van der Waals surface area contributed by atoms with Gasteiger partial charge in [0.2, 0.25) is 0 Å². The van der Waals surface area contributed by atoms with Crippen molar-refractivity contribution in [3.05, 3.63) is 47.3 Å². The molecule has 1 aromatic heterocycles. The second-order valence-electron chi connectivity index (χ2n) is 4.98. The Hall–Kier alpha value is -1.72. The van der Waals surface area contributed by atoms with Crippen molar-refractivity contribution in [3.63, 3.8) is 0 Å². The Morgan fingerprint density at radius 3 is 2.58 bits per heavy atom. The van der Waals surface area contributed by atoms with Crippen LogP contribution in [0.2, 0.25) is 0 Å². The molecule has 0 spiro atoms. The highest BCUT2D eigenvalue weighted by atomic mass is 15.4. The third-order valence-corrected chi connectivity index (χ3v) is 3.50. The van der Waals surface area contributed by atoms with Gasteiger partial charge in [0.15, 0.2) is 0 Å². The van der Waals surface area contributed by atoms with E-state index in [0.717, 1.165) is 38.4 Å². The zero-order valence-electron chi connectivity index (χ0n) is 11.2. The van der Waals surface area contributed by atoms with Crippen LogP contribution in [0.4, 0.5) is 0 Å². The van der Waals surface area contributed by atoms with Gasteiger partial charge in [-0.2, -0.15) is 0 Å². The van der Waals surface area contributed by atoms with E-state index >= 15 is 0 Å². The second kappa shape index (κ2) is 5.50. The SMILES string of the molecule is CNCc1cn(CCN2Cc3ccccc3C2)nn1. The zero-order chi connectivity index (χ0) is 13.1. The van der Waals surface area contributed by atoms with Crippen molar-refractivity contribution < 1.29 is 0 Å². The molecule has 1 aromatic carbocycles. The Labute approximate surface area is 113 Å².